The number of carboxylic acids is 1. The Morgan fingerprint density at radius 2 is 2.08 bits per heavy atom. The molecular formula is C18H22N2O4S. The van der Waals surface area contributed by atoms with E-state index in [1.807, 2.05) is 37.3 Å². The summed E-state index contributed by atoms with van der Waals surface area (Å²) >= 11 is 1.37. The van der Waals surface area contributed by atoms with Crippen molar-refractivity contribution in [2.24, 2.45) is 0 Å². The number of oxazole rings is 1. The van der Waals surface area contributed by atoms with E-state index in [1.54, 1.807) is 6.26 Å². The van der Waals surface area contributed by atoms with Gasteiger partial charge in [-0.1, -0.05) is 38.0 Å². The second-order valence-electron chi connectivity index (χ2n) is 5.60. The van der Waals surface area contributed by atoms with Crippen molar-refractivity contribution >= 4 is 23.6 Å². The van der Waals surface area contributed by atoms with Crippen LogP contribution in [0.3, 0.4) is 0 Å². The van der Waals surface area contributed by atoms with Crippen molar-refractivity contribution in [1.82, 2.24) is 10.3 Å². The molecule has 0 aliphatic heterocycles. The summed E-state index contributed by atoms with van der Waals surface area (Å²) in [5, 5.41) is 11.7. The Morgan fingerprint density at radius 3 is 2.76 bits per heavy atom. The van der Waals surface area contributed by atoms with E-state index in [0.29, 0.717) is 18.1 Å². The second-order valence-corrected chi connectivity index (χ2v) is 6.59. The van der Waals surface area contributed by atoms with Crippen molar-refractivity contribution in [2.75, 3.05) is 5.75 Å². The van der Waals surface area contributed by atoms with Crippen molar-refractivity contribution in [2.45, 2.75) is 38.0 Å². The topological polar surface area (TPSA) is 92.4 Å². The summed E-state index contributed by atoms with van der Waals surface area (Å²) in [6.07, 6.45) is 3.69. The highest BCUT2D eigenvalue weighted by molar-refractivity contribution is 7.99. The molecule has 0 saturated heterocycles. The number of nitrogens with zero attached hydrogens (tertiary/aromatic N) is 1. The molecule has 1 heterocycles. The molecule has 6 nitrogen and oxygen atoms in total. The number of nitrogens with one attached hydrogen (secondary N) is 1. The number of hydrogen-bond donors (Lipinski definition) is 2. The molecule has 2 rings (SSSR count). The summed E-state index contributed by atoms with van der Waals surface area (Å²) in [7, 11) is 0. The summed E-state index contributed by atoms with van der Waals surface area (Å²) in [4.78, 5) is 27.4. The zero-order valence-electron chi connectivity index (χ0n) is 14.1. The number of carbonyl (C=O) groups is 2. The number of amides is 1. The molecule has 0 saturated carbocycles. The maximum atomic E-state index is 11.9. The molecular weight excluding hydrogens is 340 g/mol. The first-order valence-corrected chi connectivity index (χ1v) is 9.35. The van der Waals surface area contributed by atoms with Gasteiger partial charge in [0.25, 0.3) is 0 Å². The molecule has 2 aromatic rings. The number of unbranched alkanes of at least 4 members (excludes halogenated alkanes) is 1. The van der Waals surface area contributed by atoms with Gasteiger partial charge >= 0.3 is 5.97 Å². The minimum Gasteiger partial charge on any atom is -0.480 e. The Kier molecular flexibility index (Phi) is 7.53. The van der Waals surface area contributed by atoms with Crippen LogP contribution in [-0.2, 0) is 15.3 Å². The average molecular weight is 362 g/mol. The van der Waals surface area contributed by atoms with Crippen molar-refractivity contribution < 1.29 is 19.1 Å². The van der Waals surface area contributed by atoms with E-state index in [0.717, 1.165) is 24.1 Å². The van der Waals surface area contributed by atoms with Crippen LogP contribution in [0.1, 0.15) is 31.9 Å². The molecule has 1 aromatic carbocycles. The van der Waals surface area contributed by atoms with Gasteiger partial charge in [-0.15, -0.1) is 11.8 Å². The molecule has 0 spiro atoms. The fraction of sp³-hybridized carbons (Fsp3) is 0.389. The third-order valence-electron chi connectivity index (χ3n) is 3.54. The fourth-order valence-electron chi connectivity index (χ4n) is 2.24. The lowest BCUT2D eigenvalue weighted by molar-refractivity contribution is -0.141. The molecule has 1 amide bonds. The molecule has 0 aliphatic carbocycles. The van der Waals surface area contributed by atoms with E-state index >= 15 is 0 Å². The summed E-state index contributed by atoms with van der Waals surface area (Å²) in [5.41, 5.74) is 1.65. The number of thioether (sulfide) groups is 1. The molecule has 1 atom stereocenters. The summed E-state index contributed by atoms with van der Waals surface area (Å²) < 4.78 is 5.45. The van der Waals surface area contributed by atoms with Gasteiger partial charge in [0.15, 0.2) is 0 Å². The highest BCUT2D eigenvalue weighted by Gasteiger charge is 2.19. The van der Waals surface area contributed by atoms with E-state index in [2.05, 4.69) is 10.3 Å². The second kappa shape index (κ2) is 9.88. The quantitative estimate of drug-likeness (QED) is 0.673. The maximum absolute atomic E-state index is 11.9. The standard InChI is InChI=1S/C18H22N2O4S/c1-2-3-9-15(18(22)23)20-16(21)12-25-11-14-10-24-17(19-14)13-7-5-4-6-8-13/h4-8,10,15H,2-3,9,11-12H2,1H3,(H,20,21)(H,22,23). The number of carbonyl (C=O) groups excluding carboxylic acids is 1. The monoisotopic (exact) mass is 362 g/mol. The van der Waals surface area contributed by atoms with Crippen molar-refractivity contribution in [3.63, 3.8) is 0 Å². The molecule has 7 heteroatoms. The smallest absolute Gasteiger partial charge is 0.326 e. The van der Waals surface area contributed by atoms with Crippen LogP contribution in [0.2, 0.25) is 0 Å². The van der Waals surface area contributed by atoms with Gasteiger partial charge in [-0.25, -0.2) is 9.78 Å². The molecule has 1 aromatic heterocycles. The van der Waals surface area contributed by atoms with Crippen molar-refractivity contribution in [3.8, 4) is 11.5 Å². The normalized spacial score (nSPS) is 11.9. The van der Waals surface area contributed by atoms with Gasteiger partial charge in [0, 0.05) is 11.3 Å². The predicted molar refractivity (Wildman–Crippen MR) is 97.2 cm³/mol. The van der Waals surface area contributed by atoms with Crippen molar-refractivity contribution in [3.05, 3.63) is 42.3 Å². The van der Waals surface area contributed by atoms with E-state index in [-0.39, 0.29) is 11.7 Å². The summed E-state index contributed by atoms with van der Waals surface area (Å²) in [5.74, 6) is -0.0119. The molecule has 0 aliphatic rings. The lowest BCUT2D eigenvalue weighted by Crippen LogP contribution is -2.41. The third kappa shape index (κ3) is 6.26. The first kappa shape index (κ1) is 19.1. The van der Waals surface area contributed by atoms with Gasteiger partial charge < -0.3 is 14.8 Å². The zero-order chi connectivity index (χ0) is 18.1. The van der Waals surface area contributed by atoms with Gasteiger partial charge in [0.2, 0.25) is 11.8 Å². The predicted octanol–water partition coefficient (Wildman–Crippen LogP) is 3.33. The summed E-state index contributed by atoms with van der Waals surface area (Å²) in [6, 6.07) is 8.76. The van der Waals surface area contributed by atoms with Gasteiger partial charge in [-0.3, -0.25) is 4.79 Å². The van der Waals surface area contributed by atoms with Crippen molar-refractivity contribution in [1.29, 1.82) is 0 Å². The lowest BCUT2D eigenvalue weighted by Gasteiger charge is -2.13. The number of benzene rings is 1. The largest absolute Gasteiger partial charge is 0.480 e. The van der Waals surface area contributed by atoms with Gasteiger partial charge in [0.1, 0.15) is 12.3 Å². The van der Waals surface area contributed by atoms with Crippen LogP contribution in [-0.4, -0.2) is 33.8 Å². The van der Waals surface area contributed by atoms with Crippen LogP contribution in [0.4, 0.5) is 0 Å². The fourth-order valence-corrected chi connectivity index (χ4v) is 2.95. The molecule has 0 radical (unpaired) electrons. The van der Waals surface area contributed by atoms with Crippen LogP contribution in [0.5, 0.6) is 0 Å². The van der Waals surface area contributed by atoms with Crippen LogP contribution in [0.25, 0.3) is 11.5 Å². The molecule has 0 fully saturated rings. The van der Waals surface area contributed by atoms with Crippen LogP contribution in [0.15, 0.2) is 41.0 Å². The lowest BCUT2D eigenvalue weighted by atomic mass is 10.1. The SMILES string of the molecule is CCCCC(NC(=O)CSCc1coc(-c2ccccc2)n1)C(=O)O. The minimum atomic E-state index is -0.990. The van der Waals surface area contributed by atoms with Crippen LogP contribution >= 0.6 is 11.8 Å². The molecule has 0 bridgehead atoms. The maximum Gasteiger partial charge on any atom is 0.326 e. The van der Waals surface area contributed by atoms with Crippen LogP contribution in [0, 0.1) is 0 Å². The number of hydrogen-bond acceptors (Lipinski definition) is 5. The Balaban J connectivity index is 1.77. The Morgan fingerprint density at radius 1 is 1.32 bits per heavy atom. The number of aromatic nitrogens is 1. The van der Waals surface area contributed by atoms with E-state index in [9.17, 15) is 9.59 Å². The third-order valence-corrected chi connectivity index (χ3v) is 4.50. The Labute approximate surface area is 151 Å². The Bertz CT molecular complexity index is 687. The van der Waals surface area contributed by atoms with Gasteiger partial charge in [-0.2, -0.15) is 0 Å². The van der Waals surface area contributed by atoms with Gasteiger partial charge in [0.05, 0.1) is 11.4 Å². The minimum absolute atomic E-state index is 0.184. The highest BCUT2D eigenvalue weighted by atomic mass is 32.2. The van der Waals surface area contributed by atoms with Crippen LogP contribution < -0.4 is 5.32 Å². The first-order chi connectivity index (χ1) is 12.1. The van der Waals surface area contributed by atoms with E-state index in [1.165, 1.54) is 11.8 Å². The zero-order valence-corrected chi connectivity index (χ0v) is 14.9. The molecule has 1 unspecified atom stereocenters. The molecule has 25 heavy (non-hydrogen) atoms. The van der Waals surface area contributed by atoms with E-state index < -0.39 is 12.0 Å². The highest BCUT2D eigenvalue weighted by Crippen LogP contribution is 2.20. The number of aliphatic carboxylic acids is 1. The number of rotatable bonds is 10. The molecule has 2 N–H and O–H groups in total. The number of carboxylic acid groups (broad SMARTS) is 1. The average Bonchev–Trinajstić information content (AvgIpc) is 3.08. The van der Waals surface area contributed by atoms with E-state index in [4.69, 9.17) is 9.52 Å². The Hall–Kier alpha value is -2.28. The summed E-state index contributed by atoms with van der Waals surface area (Å²) in [6.45, 7) is 1.98. The van der Waals surface area contributed by atoms with Gasteiger partial charge in [-0.05, 0) is 18.6 Å². The molecule has 134 valence electrons. The first-order valence-electron chi connectivity index (χ1n) is 8.20.